The Morgan fingerprint density at radius 3 is 2.54 bits per heavy atom. The van der Waals surface area contributed by atoms with Crippen molar-refractivity contribution in [2.24, 2.45) is 11.7 Å². The van der Waals surface area contributed by atoms with Gasteiger partial charge in [-0.15, -0.1) is 0 Å². The van der Waals surface area contributed by atoms with Gasteiger partial charge in [0.15, 0.2) is 0 Å². The molecule has 0 fully saturated rings. The third-order valence-electron chi connectivity index (χ3n) is 1.99. The van der Waals surface area contributed by atoms with E-state index in [1.165, 1.54) is 0 Å². The second kappa shape index (κ2) is 6.46. The lowest BCUT2D eigenvalue weighted by Gasteiger charge is -2.09. The maximum Gasteiger partial charge on any atom is 0.306 e. The van der Waals surface area contributed by atoms with E-state index < -0.39 is 5.97 Å². The van der Waals surface area contributed by atoms with Crippen LogP contribution in [0.1, 0.15) is 39.0 Å². The minimum atomic E-state index is -0.731. The molecule has 0 saturated heterocycles. The van der Waals surface area contributed by atoms with Gasteiger partial charge in [0.1, 0.15) is 0 Å². The first-order valence-electron chi connectivity index (χ1n) is 4.63. The first-order chi connectivity index (χ1) is 6.07. The Morgan fingerprint density at radius 1 is 1.54 bits per heavy atom. The predicted octanol–water partition coefficient (Wildman–Crippen LogP) is 1.59. The molecule has 0 aliphatic carbocycles. The molecule has 0 aromatic heterocycles. The van der Waals surface area contributed by atoms with Crippen LogP contribution in [0.15, 0.2) is 0 Å². The number of nitrogens with one attached hydrogen (secondary N) is 1. The van der Waals surface area contributed by atoms with Crippen molar-refractivity contribution < 1.29 is 9.90 Å². The molecule has 13 heavy (non-hydrogen) atoms. The van der Waals surface area contributed by atoms with Crippen LogP contribution >= 0.6 is 0 Å². The van der Waals surface area contributed by atoms with Crippen molar-refractivity contribution >= 4 is 11.8 Å². The lowest BCUT2D eigenvalue weighted by Crippen LogP contribution is -2.15. The average molecular weight is 186 g/mol. The Kier molecular flexibility index (Phi) is 5.93. The molecule has 0 aliphatic rings. The summed E-state index contributed by atoms with van der Waals surface area (Å²) >= 11 is 0. The number of carboxylic acids is 1. The summed E-state index contributed by atoms with van der Waals surface area (Å²) in [5.74, 6) is -0.851. The largest absolute Gasteiger partial charge is 0.481 e. The van der Waals surface area contributed by atoms with Crippen LogP contribution in [0.5, 0.6) is 0 Å². The van der Waals surface area contributed by atoms with Crippen LogP contribution in [0, 0.1) is 11.3 Å². The summed E-state index contributed by atoms with van der Waals surface area (Å²) in [6, 6.07) is 0. The molecule has 0 radical (unpaired) electrons. The molecule has 4 N–H and O–H groups in total. The van der Waals surface area contributed by atoms with E-state index in [1.54, 1.807) is 0 Å². The zero-order valence-electron chi connectivity index (χ0n) is 8.05. The van der Waals surface area contributed by atoms with Gasteiger partial charge in [0.2, 0.25) is 0 Å². The number of nitrogens with two attached hydrogens (primary N) is 1. The summed E-state index contributed by atoms with van der Waals surface area (Å²) in [5.41, 5.74) is 5.16. The van der Waals surface area contributed by atoms with E-state index in [0.717, 1.165) is 6.42 Å². The van der Waals surface area contributed by atoms with Crippen LogP contribution in [0.25, 0.3) is 0 Å². The van der Waals surface area contributed by atoms with E-state index in [9.17, 15) is 4.79 Å². The quantitative estimate of drug-likeness (QED) is 0.417. The monoisotopic (exact) mass is 186 g/mol. The molecule has 4 nitrogen and oxygen atoms in total. The van der Waals surface area contributed by atoms with Gasteiger partial charge in [0, 0.05) is 6.42 Å². The zero-order chi connectivity index (χ0) is 10.3. The van der Waals surface area contributed by atoms with Crippen molar-refractivity contribution in [1.82, 2.24) is 0 Å². The van der Waals surface area contributed by atoms with Gasteiger partial charge in [0.05, 0.1) is 11.8 Å². The molecule has 1 unspecified atom stereocenters. The highest BCUT2D eigenvalue weighted by Gasteiger charge is 2.15. The fourth-order valence-corrected chi connectivity index (χ4v) is 1.28. The maximum absolute atomic E-state index is 10.7. The average Bonchev–Trinajstić information content (AvgIpc) is 2.02. The first kappa shape index (κ1) is 11.9. The minimum Gasteiger partial charge on any atom is -0.481 e. The van der Waals surface area contributed by atoms with Gasteiger partial charge in [0.25, 0.3) is 0 Å². The van der Waals surface area contributed by atoms with Crippen molar-refractivity contribution in [3.05, 3.63) is 0 Å². The van der Waals surface area contributed by atoms with E-state index >= 15 is 0 Å². The Morgan fingerprint density at radius 2 is 2.15 bits per heavy atom. The van der Waals surface area contributed by atoms with E-state index in [1.807, 2.05) is 6.92 Å². The molecular weight excluding hydrogens is 168 g/mol. The van der Waals surface area contributed by atoms with Crippen molar-refractivity contribution in [3.8, 4) is 0 Å². The summed E-state index contributed by atoms with van der Waals surface area (Å²) < 4.78 is 0. The highest BCUT2D eigenvalue weighted by atomic mass is 16.4. The smallest absolute Gasteiger partial charge is 0.306 e. The van der Waals surface area contributed by atoms with Gasteiger partial charge in [-0.2, -0.15) is 0 Å². The molecular formula is C9H18N2O2. The molecule has 0 aliphatic heterocycles. The summed E-state index contributed by atoms with van der Waals surface area (Å²) in [6.07, 6.45) is 3.44. The number of aliphatic carboxylic acids is 1. The summed E-state index contributed by atoms with van der Waals surface area (Å²) in [5, 5.41) is 15.8. The van der Waals surface area contributed by atoms with Gasteiger partial charge in [-0.3, -0.25) is 10.2 Å². The highest BCUT2D eigenvalue weighted by molar-refractivity contribution is 5.76. The van der Waals surface area contributed by atoms with Gasteiger partial charge in [-0.25, -0.2) is 0 Å². The van der Waals surface area contributed by atoms with Gasteiger partial charge >= 0.3 is 5.97 Å². The number of amidine groups is 1. The Balaban J connectivity index is 3.69. The van der Waals surface area contributed by atoms with E-state index in [-0.39, 0.29) is 11.8 Å². The summed E-state index contributed by atoms with van der Waals surface area (Å²) in [7, 11) is 0. The molecule has 76 valence electrons. The maximum atomic E-state index is 10.7. The number of hydrogen-bond donors (Lipinski definition) is 3. The summed E-state index contributed by atoms with van der Waals surface area (Å²) in [4.78, 5) is 10.7. The number of carboxylic acid groups (broad SMARTS) is 1. The lowest BCUT2D eigenvalue weighted by molar-refractivity contribution is -0.142. The Bertz CT molecular complexity index is 180. The highest BCUT2D eigenvalue weighted by Crippen LogP contribution is 2.14. The van der Waals surface area contributed by atoms with Crippen LogP contribution < -0.4 is 5.73 Å². The third-order valence-corrected chi connectivity index (χ3v) is 1.99. The molecule has 0 amide bonds. The SMILES string of the molecule is CCCC(CCCC(=N)N)C(=O)O. The number of hydrogen-bond acceptors (Lipinski definition) is 2. The van der Waals surface area contributed by atoms with Crippen LogP contribution in [0.2, 0.25) is 0 Å². The molecule has 0 heterocycles. The van der Waals surface area contributed by atoms with Crippen molar-refractivity contribution in [2.45, 2.75) is 39.0 Å². The van der Waals surface area contributed by atoms with Gasteiger partial charge in [-0.1, -0.05) is 13.3 Å². The van der Waals surface area contributed by atoms with Crippen molar-refractivity contribution in [1.29, 1.82) is 5.41 Å². The van der Waals surface area contributed by atoms with E-state index in [4.69, 9.17) is 16.2 Å². The molecule has 1 atom stereocenters. The van der Waals surface area contributed by atoms with Gasteiger partial charge < -0.3 is 10.8 Å². The lowest BCUT2D eigenvalue weighted by atomic mass is 9.97. The molecule has 0 aromatic rings. The van der Waals surface area contributed by atoms with Crippen LogP contribution in [-0.4, -0.2) is 16.9 Å². The topological polar surface area (TPSA) is 87.2 Å². The Labute approximate surface area is 78.6 Å². The molecule has 0 rings (SSSR count). The zero-order valence-corrected chi connectivity index (χ0v) is 8.05. The predicted molar refractivity (Wildman–Crippen MR) is 51.8 cm³/mol. The van der Waals surface area contributed by atoms with Crippen LogP contribution in [0.3, 0.4) is 0 Å². The summed E-state index contributed by atoms with van der Waals surface area (Å²) in [6.45, 7) is 1.97. The second-order valence-electron chi connectivity index (χ2n) is 3.24. The third kappa shape index (κ3) is 6.13. The minimum absolute atomic E-state index is 0.139. The number of carbonyl (C=O) groups is 1. The van der Waals surface area contributed by atoms with E-state index in [2.05, 4.69) is 0 Å². The molecule has 4 heteroatoms. The first-order valence-corrected chi connectivity index (χ1v) is 4.63. The second-order valence-corrected chi connectivity index (χ2v) is 3.24. The van der Waals surface area contributed by atoms with Crippen molar-refractivity contribution in [3.63, 3.8) is 0 Å². The van der Waals surface area contributed by atoms with Crippen molar-refractivity contribution in [2.75, 3.05) is 0 Å². The number of rotatable bonds is 7. The fourth-order valence-electron chi connectivity index (χ4n) is 1.28. The molecule has 0 bridgehead atoms. The van der Waals surface area contributed by atoms with Crippen LogP contribution in [-0.2, 0) is 4.79 Å². The normalized spacial score (nSPS) is 12.4. The van der Waals surface area contributed by atoms with E-state index in [0.29, 0.717) is 25.7 Å². The molecule has 0 saturated carbocycles. The Hall–Kier alpha value is -1.06. The molecule has 0 aromatic carbocycles. The standard InChI is InChI=1S/C9H18N2O2/c1-2-4-7(9(12)13)5-3-6-8(10)11/h7H,2-6H2,1H3,(H3,10,11)(H,12,13). The van der Waals surface area contributed by atoms with Crippen LogP contribution in [0.4, 0.5) is 0 Å². The fraction of sp³-hybridized carbons (Fsp3) is 0.778. The van der Waals surface area contributed by atoms with Gasteiger partial charge in [-0.05, 0) is 19.3 Å². The molecule has 0 spiro atoms.